The zero-order chi connectivity index (χ0) is 15.7. The van der Waals surface area contributed by atoms with Gasteiger partial charge in [-0.25, -0.2) is 0 Å². The first-order valence-electron chi connectivity index (χ1n) is 6.55. The zero-order valence-corrected chi connectivity index (χ0v) is 13.2. The molecule has 2 N–H and O–H groups in total. The molecule has 0 spiro atoms. The lowest BCUT2D eigenvalue weighted by atomic mass is 10.2. The summed E-state index contributed by atoms with van der Waals surface area (Å²) in [6.07, 6.45) is 4.72. The van der Waals surface area contributed by atoms with Crippen LogP contribution < -0.4 is 10.7 Å². The number of nitrogens with one attached hydrogen (secondary N) is 2. The summed E-state index contributed by atoms with van der Waals surface area (Å²) < 4.78 is 0. The molecule has 0 fully saturated rings. The summed E-state index contributed by atoms with van der Waals surface area (Å²) in [4.78, 5) is 10.2. The zero-order valence-electron chi connectivity index (χ0n) is 11.6. The summed E-state index contributed by atoms with van der Waals surface area (Å²) in [5, 5.41) is 18.4. The van der Waals surface area contributed by atoms with E-state index < -0.39 is 4.92 Å². The molecule has 0 saturated heterocycles. The number of nitro benzene ring substituents is 1. The Labute approximate surface area is 133 Å². The Morgan fingerprint density at radius 2 is 2.29 bits per heavy atom. The first-order chi connectivity index (χ1) is 10.0. The molecule has 0 unspecified atom stereocenters. The molecule has 0 saturated carbocycles. The van der Waals surface area contributed by atoms with Crippen LogP contribution >= 0.6 is 23.8 Å². The SMILES string of the molecule is CCCCCNC(=S)N/N=C\c1cc([N+](=O)[O-])ccc1Cl. The first-order valence-corrected chi connectivity index (χ1v) is 7.34. The minimum Gasteiger partial charge on any atom is -0.361 e. The molecule has 0 bridgehead atoms. The fraction of sp³-hybridized carbons (Fsp3) is 0.385. The van der Waals surface area contributed by atoms with Gasteiger partial charge in [-0.15, -0.1) is 0 Å². The Bertz CT molecular complexity index is 537. The molecule has 0 aliphatic carbocycles. The molecular weight excluding hydrogens is 312 g/mol. The molecule has 0 aliphatic heterocycles. The van der Waals surface area contributed by atoms with Gasteiger partial charge in [0.2, 0.25) is 0 Å². The van der Waals surface area contributed by atoms with Gasteiger partial charge < -0.3 is 5.32 Å². The number of nitrogens with zero attached hydrogens (tertiary/aromatic N) is 2. The van der Waals surface area contributed by atoms with Crippen LogP contribution in [0.25, 0.3) is 0 Å². The van der Waals surface area contributed by atoms with Gasteiger partial charge in [0, 0.05) is 29.3 Å². The van der Waals surface area contributed by atoms with Crippen molar-refractivity contribution < 1.29 is 4.92 Å². The Kier molecular flexibility index (Phi) is 7.63. The lowest BCUT2D eigenvalue weighted by molar-refractivity contribution is -0.384. The number of hydrogen-bond acceptors (Lipinski definition) is 4. The summed E-state index contributed by atoms with van der Waals surface area (Å²) in [6.45, 7) is 2.91. The van der Waals surface area contributed by atoms with E-state index in [1.807, 2.05) is 0 Å². The quantitative estimate of drug-likeness (QED) is 0.264. The van der Waals surface area contributed by atoms with Crippen molar-refractivity contribution in [2.24, 2.45) is 5.10 Å². The van der Waals surface area contributed by atoms with E-state index in [-0.39, 0.29) is 5.69 Å². The monoisotopic (exact) mass is 328 g/mol. The van der Waals surface area contributed by atoms with Crippen LogP contribution in [0.4, 0.5) is 5.69 Å². The molecule has 1 aromatic carbocycles. The number of benzene rings is 1. The molecule has 1 aromatic rings. The summed E-state index contributed by atoms with van der Waals surface area (Å²) >= 11 is 11.0. The normalized spacial score (nSPS) is 10.6. The van der Waals surface area contributed by atoms with Gasteiger partial charge >= 0.3 is 0 Å². The predicted molar refractivity (Wildman–Crippen MR) is 89.0 cm³/mol. The van der Waals surface area contributed by atoms with Crippen LogP contribution in [0.1, 0.15) is 31.7 Å². The van der Waals surface area contributed by atoms with Crippen molar-refractivity contribution in [1.82, 2.24) is 10.7 Å². The van der Waals surface area contributed by atoms with Crippen LogP contribution in [0.15, 0.2) is 23.3 Å². The van der Waals surface area contributed by atoms with E-state index in [1.165, 1.54) is 24.4 Å². The van der Waals surface area contributed by atoms with E-state index in [9.17, 15) is 10.1 Å². The predicted octanol–water partition coefficient (Wildman–Crippen LogP) is 3.24. The molecule has 8 heteroatoms. The van der Waals surface area contributed by atoms with Crippen LogP contribution in [0, 0.1) is 10.1 Å². The van der Waals surface area contributed by atoms with Crippen molar-refractivity contribution in [3.05, 3.63) is 38.9 Å². The van der Waals surface area contributed by atoms with Gasteiger partial charge in [0.05, 0.1) is 11.1 Å². The number of non-ortho nitro benzene ring substituents is 1. The smallest absolute Gasteiger partial charge is 0.270 e. The van der Waals surface area contributed by atoms with Crippen LogP contribution in [-0.4, -0.2) is 22.8 Å². The van der Waals surface area contributed by atoms with Crippen molar-refractivity contribution in [1.29, 1.82) is 0 Å². The van der Waals surface area contributed by atoms with Crippen LogP contribution in [-0.2, 0) is 0 Å². The number of unbranched alkanes of at least 4 members (excludes halogenated alkanes) is 2. The average molecular weight is 329 g/mol. The molecule has 0 amide bonds. The number of halogens is 1. The molecule has 0 aliphatic rings. The lowest BCUT2D eigenvalue weighted by Crippen LogP contribution is -2.32. The van der Waals surface area contributed by atoms with Gasteiger partial charge in [-0.3, -0.25) is 15.5 Å². The van der Waals surface area contributed by atoms with E-state index in [1.54, 1.807) is 0 Å². The van der Waals surface area contributed by atoms with Gasteiger partial charge in [-0.05, 0) is 24.7 Å². The second-order valence-corrected chi connectivity index (χ2v) is 5.11. The van der Waals surface area contributed by atoms with E-state index in [0.717, 1.165) is 25.8 Å². The molecule has 0 atom stereocenters. The highest BCUT2D eigenvalue weighted by Gasteiger charge is 2.08. The molecular formula is C13H17ClN4O2S. The van der Waals surface area contributed by atoms with Crippen LogP contribution in [0.2, 0.25) is 5.02 Å². The highest BCUT2D eigenvalue weighted by Crippen LogP contribution is 2.20. The average Bonchev–Trinajstić information content (AvgIpc) is 2.45. The van der Waals surface area contributed by atoms with Crippen molar-refractivity contribution in [3.8, 4) is 0 Å². The summed E-state index contributed by atoms with van der Waals surface area (Å²) in [5.74, 6) is 0. The minimum atomic E-state index is -0.485. The molecule has 6 nitrogen and oxygen atoms in total. The number of hydrogen-bond donors (Lipinski definition) is 2. The second kappa shape index (κ2) is 9.25. The van der Waals surface area contributed by atoms with Gasteiger partial charge in [0.15, 0.2) is 5.11 Å². The minimum absolute atomic E-state index is 0.0406. The van der Waals surface area contributed by atoms with Crippen LogP contribution in [0.5, 0.6) is 0 Å². The molecule has 21 heavy (non-hydrogen) atoms. The Morgan fingerprint density at radius 3 is 2.95 bits per heavy atom. The summed E-state index contributed by atoms with van der Waals surface area (Å²) in [6, 6.07) is 4.15. The third-order valence-electron chi connectivity index (χ3n) is 2.63. The highest BCUT2D eigenvalue weighted by atomic mass is 35.5. The number of rotatable bonds is 7. The Hall–Kier alpha value is -1.73. The fourth-order valence-electron chi connectivity index (χ4n) is 1.52. The first kappa shape index (κ1) is 17.3. The van der Waals surface area contributed by atoms with Crippen molar-refractivity contribution >= 4 is 40.8 Å². The topological polar surface area (TPSA) is 79.6 Å². The van der Waals surface area contributed by atoms with E-state index in [4.69, 9.17) is 23.8 Å². The van der Waals surface area contributed by atoms with E-state index in [0.29, 0.717) is 15.7 Å². The number of hydrazone groups is 1. The standard InChI is InChI=1S/C13H17ClN4O2S/c1-2-3-4-7-15-13(21)17-16-9-10-8-11(18(19)20)5-6-12(10)14/h5-6,8-9H,2-4,7H2,1H3,(H2,15,17,21)/b16-9-. The largest absolute Gasteiger partial charge is 0.361 e. The number of nitro groups is 1. The van der Waals surface area contributed by atoms with Gasteiger partial charge in [-0.1, -0.05) is 31.4 Å². The van der Waals surface area contributed by atoms with Crippen molar-refractivity contribution in [3.63, 3.8) is 0 Å². The van der Waals surface area contributed by atoms with E-state index in [2.05, 4.69) is 22.8 Å². The molecule has 1 rings (SSSR count). The third kappa shape index (κ3) is 6.50. The van der Waals surface area contributed by atoms with Crippen molar-refractivity contribution in [2.45, 2.75) is 26.2 Å². The molecule has 0 aromatic heterocycles. The Balaban J connectivity index is 2.51. The summed E-state index contributed by atoms with van der Waals surface area (Å²) in [7, 11) is 0. The maximum atomic E-state index is 10.7. The second-order valence-electron chi connectivity index (χ2n) is 4.30. The van der Waals surface area contributed by atoms with Gasteiger partial charge in [0.25, 0.3) is 5.69 Å². The van der Waals surface area contributed by atoms with Gasteiger partial charge in [-0.2, -0.15) is 5.10 Å². The van der Waals surface area contributed by atoms with Gasteiger partial charge in [0.1, 0.15) is 0 Å². The maximum absolute atomic E-state index is 10.7. The van der Waals surface area contributed by atoms with E-state index >= 15 is 0 Å². The van der Waals surface area contributed by atoms with Crippen molar-refractivity contribution in [2.75, 3.05) is 6.54 Å². The molecule has 114 valence electrons. The Morgan fingerprint density at radius 1 is 1.52 bits per heavy atom. The lowest BCUT2D eigenvalue weighted by Gasteiger charge is -2.06. The summed E-state index contributed by atoms with van der Waals surface area (Å²) in [5.41, 5.74) is 3.06. The third-order valence-corrected chi connectivity index (χ3v) is 3.21. The van der Waals surface area contributed by atoms with Crippen LogP contribution in [0.3, 0.4) is 0 Å². The number of thiocarbonyl (C=S) groups is 1. The molecule has 0 radical (unpaired) electrons. The highest BCUT2D eigenvalue weighted by molar-refractivity contribution is 7.80. The molecule has 0 heterocycles. The maximum Gasteiger partial charge on any atom is 0.270 e. The fourth-order valence-corrected chi connectivity index (χ4v) is 1.84.